The summed E-state index contributed by atoms with van der Waals surface area (Å²) in [5, 5.41) is 15.4. The van der Waals surface area contributed by atoms with Crippen LogP contribution in [0.1, 0.15) is 23.1 Å². The monoisotopic (exact) mass is 364 g/mol. The number of nitrogens with one attached hydrogen (secondary N) is 2. The van der Waals surface area contributed by atoms with Gasteiger partial charge in [-0.1, -0.05) is 0 Å². The van der Waals surface area contributed by atoms with Crippen LogP contribution in [-0.4, -0.2) is 27.7 Å². The number of carboxylic acids is 1. The van der Waals surface area contributed by atoms with E-state index in [1.165, 1.54) is 12.1 Å². The van der Waals surface area contributed by atoms with Crippen LogP contribution in [0.25, 0.3) is 0 Å². The summed E-state index contributed by atoms with van der Waals surface area (Å²) < 4.78 is 5.44. The van der Waals surface area contributed by atoms with Gasteiger partial charge in [-0.3, -0.25) is 0 Å². The van der Waals surface area contributed by atoms with Gasteiger partial charge in [0.15, 0.2) is 0 Å². The van der Waals surface area contributed by atoms with Crippen molar-refractivity contribution in [3.05, 3.63) is 66.0 Å². The van der Waals surface area contributed by atoms with E-state index in [9.17, 15) is 4.79 Å². The second-order valence-electron chi connectivity index (χ2n) is 5.78. The van der Waals surface area contributed by atoms with E-state index in [1.807, 2.05) is 38.1 Å². The first kappa shape index (κ1) is 18.2. The Bertz CT molecular complexity index is 925. The Labute approximate surface area is 157 Å². The zero-order valence-corrected chi connectivity index (χ0v) is 15.1. The second kappa shape index (κ2) is 8.18. The molecule has 0 atom stereocenters. The Morgan fingerprint density at radius 1 is 0.963 bits per heavy atom. The summed E-state index contributed by atoms with van der Waals surface area (Å²) in [6.45, 7) is 4.38. The van der Waals surface area contributed by atoms with Gasteiger partial charge >= 0.3 is 5.97 Å². The van der Waals surface area contributed by atoms with E-state index >= 15 is 0 Å². The Kier molecular flexibility index (Phi) is 5.51. The molecule has 0 saturated carbocycles. The number of nitrogens with zero attached hydrogens (tertiary/aromatic N) is 2. The van der Waals surface area contributed by atoms with Crippen molar-refractivity contribution in [1.82, 2.24) is 9.97 Å². The molecule has 138 valence electrons. The molecule has 0 radical (unpaired) electrons. The maximum absolute atomic E-state index is 10.9. The average molecular weight is 364 g/mol. The van der Waals surface area contributed by atoms with Crippen molar-refractivity contribution in [3.63, 3.8) is 0 Å². The largest absolute Gasteiger partial charge is 0.494 e. The van der Waals surface area contributed by atoms with Gasteiger partial charge < -0.3 is 20.5 Å². The molecule has 0 aliphatic heterocycles. The smallest absolute Gasteiger partial charge is 0.335 e. The van der Waals surface area contributed by atoms with Gasteiger partial charge in [-0.25, -0.2) is 14.8 Å². The van der Waals surface area contributed by atoms with Gasteiger partial charge in [-0.15, -0.1) is 0 Å². The van der Waals surface area contributed by atoms with Crippen LogP contribution in [0.3, 0.4) is 0 Å². The molecule has 3 N–H and O–H groups in total. The SMILES string of the molecule is CCOc1ccc(Nc2cc(Nc3ccc(C(=O)O)cc3)nc(C)n2)cc1. The van der Waals surface area contributed by atoms with Gasteiger partial charge in [0.2, 0.25) is 0 Å². The quantitative estimate of drug-likeness (QED) is 0.573. The van der Waals surface area contributed by atoms with E-state index in [0.717, 1.165) is 17.1 Å². The van der Waals surface area contributed by atoms with E-state index in [1.54, 1.807) is 18.2 Å². The standard InChI is InChI=1S/C20H20N4O3/c1-3-27-17-10-8-16(9-11-17)24-19-12-18(21-13(2)22-19)23-15-6-4-14(5-7-15)20(25)26/h4-12H,3H2,1-2H3,(H,25,26)(H2,21,22,23,24). The molecular formula is C20H20N4O3. The number of hydrogen-bond acceptors (Lipinski definition) is 6. The Balaban J connectivity index is 1.74. The molecule has 7 heteroatoms. The van der Waals surface area contributed by atoms with Crippen LogP contribution >= 0.6 is 0 Å². The lowest BCUT2D eigenvalue weighted by molar-refractivity contribution is 0.0697. The highest BCUT2D eigenvalue weighted by molar-refractivity contribution is 5.88. The molecule has 0 aliphatic carbocycles. The summed E-state index contributed by atoms with van der Waals surface area (Å²) in [6.07, 6.45) is 0. The normalized spacial score (nSPS) is 10.3. The Morgan fingerprint density at radius 3 is 1.96 bits per heavy atom. The molecule has 0 amide bonds. The number of hydrogen-bond donors (Lipinski definition) is 3. The first-order chi connectivity index (χ1) is 13.0. The zero-order chi connectivity index (χ0) is 19.2. The molecule has 0 fully saturated rings. The minimum absolute atomic E-state index is 0.234. The van der Waals surface area contributed by atoms with Crippen molar-refractivity contribution in [2.45, 2.75) is 13.8 Å². The van der Waals surface area contributed by atoms with Crippen molar-refractivity contribution in [2.24, 2.45) is 0 Å². The first-order valence-corrected chi connectivity index (χ1v) is 8.49. The van der Waals surface area contributed by atoms with Gasteiger partial charge in [-0.05, 0) is 62.4 Å². The van der Waals surface area contributed by atoms with Gasteiger partial charge in [-0.2, -0.15) is 0 Å². The summed E-state index contributed by atoms with van der Waals surface area (Å²) in [5.74, 6) is 1.72. The Hall–Kier alpha value is -3.61. The topological polar surface area (TPSA) is 96.4 Å². The highest BCUT2D eigenvalue weighted by Crippen LogP contribution is 2.22. The molecule has 0 unspecified atom stereocenters. The predicted molar refractivity (Wildman–Crippen MR) is 104 cm³/mol. The molecule has 3 rings (SSSR count). The Morgan fingerprint density at radius 2 is 1.48 bits per heavy atom. The van der Waals surface area contributed by atoms with Crippen LogP contribution in [-0.2, 0) is 0 Å². The second-order valence-corrected chi connectivity index (χ2v) is 5.78. The summed E-state index contributed by atoms with van der Waals surface area (Å²) in [4.78, 5) is 19.7. The lowest BCUT2D eigenvalue weighted by Gasteiger charge is -2.11. The van der Waals surface area contributed by atoms with E-state index in [0.29, 0.717) is 24.1 Å². The number of ether oxygens (including phenoxy) is 1. The van der Waals surface area contributed by atoms with E-state index in [-0.39, 0.29) is 5.56 Å². The molecule has 0 spiro atoms. The van der Waals surface area contributed by atoms with Crippen molar-refractivity contribution in [2.75, 3.05) is 17.2 Å². The van der Waals surface area contributed by atoms with Crippen LogP contribution in [0.2, 0.25) is 0 Å². The van der Waals surface area contributed by atoms with Gasteiger partial charge in [0.1, 0.15) is 23.2 Å². The molecule has 2 aromatic carbocycles. The molecule has 3 aromatic rings. The number of aromatic carboxylic acids is 1. The number of carboxylic acid groups (broad SMARTS) is 1. The van der Waals surface area contributed by atoms with Crippen LogP contribution in [0, 0.1) is 6.92 Å². The minimum atomic E-state index is -0.957. The van der Waals surface area contributed by atoms with Gasteiger partial charge in [0.25, 0.3) is 0 Å². The number of anilines is 4. The first-order valence-electron chi connectivity index (χ1n) is 8.49. The fourth-order valence-corrected chi connectivity index (χ4v) is 2.49. The number of aromatic nitrogens is 2. The molecule has 0 bridgehead atoms. The maximum atomic E-state index is 10.9. The zero-order valence-electron chi connectivity index (χ0n) is 15.1. The van der Waals surface area contributed by atoms with Crippen molar-refractivity contribution in [1.29, 1.82) is 0 Å². The molecule has 1 aromatic heterocycles. The highest BCUT2D eigenvalue weighted by Gasteiger charge is 2.05. The molecule has 7 nitrogen and oxygen atoms in total. The summed E-state index contributed by atoms with van der Waals surface area (Å²) in [6, 6.07) is 15.9. The summed E-state index contributed by atoms with van der Waals surface area (Å²) in [5.41, 5.74) is 1.86. The summed E-state index contributed by atoms with van der Waals surface area (Å²) in [7, 11) is 0. The maximum Gasteiger partial charge on any atom is 0.335 e. The van der Waals surface area contributed by atoms with Gasteiger partial charge in [0.05, 0.1) is 12.2 Å². The van der Waals surface area contributed by atoms with Crippen molar-refractivity contribution in [3.8, 4) is 5.75 Å². The third kappa shape index (κ3) is 4.94. The van der Waals surface area contributed by atoms with Crippen LogP contribution in [0.15, 0.2) is 54.6 Å². The van der Waals surface area contributed by atoms with E-state index in [4.69, 9.17) is 9.84 Å². The number of benzene rings is 2. The van der Waals surface area contributed by atoms with E-state index < -0.39 is 5.97 Å². The molecule has 0 aliphatic rings. The molecular weight excluding hydrogens is 344 g/mol. The summed E-state index contributed by atoms with van der Waals surface area (Å²) >= 11 is 0. The predicted octanol–water partition coefficient (Wildman–Crippen LogP) is 4.37. The lowest BCUT2D eigenvalue weighted by atomic mass is 10.2. The lowest BCUT2D eigenvalue weighted by Crippen LogP contribution is -2.02. The fraction of sp³-hybridized carbons (Fsp3) is 0.150. The number of aryl methyl sites for hydroxylation is 1. The van der Waals surface area contributed by atoms with Crippen LogP contribution < -0.4 is 15.4 Å². The average Bonchev–Trinajstić information content (AvgIpc) is 2.63. The number of carbonyl (C=O) groups is 1. The van der Waals surface area contributed by atoms with E-state index in [2.05, 4.69) is 20.6 Å². The van der Waals surface area contributed by atoms with Crippen LogP contribution in [0.5, 0.6) is 5.75 Å². The highest BCUT2D eigenvalue weighted by atomic mass is 16.5. The third-order valence-corrected chi connectivity index (χ3v) is 3.68. The minimum Gasteiger partial charge on any atom is -0.494 e. The third-order valence-electron chi connectivity index (χ3n) is 3.68. The number of rotatable bonds is 7. The molecule has 1 heterocycles. The fourth-order valence-electron chi connectivity index (χ4n) is 2.49. The van der Waals surface area contributed by atoms with Gasteiger partial charge in [0, 0.05) is 17.4 Å². The van der Waals surface area contributed by atoms with Crippen molar-refractivity contribution < 1.29 is 14.6 Å². The molecule has 0 saturated heterocycles. The van der Waals surface area contributed by atoms with Crippen LogP contribution in [0.4, 0.5) is 23.0 Å². The molecule has 27 heavy (non-hydrogen) atoms. The van der Waals surface area contributed by atoms with Crippen molar-refractivity contribution >= 4 is 29.0 Å².